The van der Waals surface area contributed by atoms with E-state index in [1.807, 2.05) is 6.92 Å². The second kappa shape index (κ2) is 8.43. The van der Waals surface area contributed by atoms with Crippen molar-refractivity contribution in [3.05, 3.63) is 29.8 Å². The van der Waals surface area contributed by atoms with Crippen LogP contribution in [0.5, 0.6) is 0 Å². The molecule has 132 valence electrons. The van der Waals surface area contributed by atoms with Crippen LogP contribution in [-0.4, -0.2) is 31.2 Å². The van der Waals surface area contributed by atoms with E-state index in [-0.39, 0.29) is 17.1 Å². The molecule has 3 N–H and O–H groups in total. The van der Waals surface area contributed by atoms with Crippen molar-refractivity contribution in [2.24, 2.45) is 0 Å². The Bertz CT molecular complexity index is 681. The summed E-state index contributed by atoms with van der Waals surface area (Å²) in [5.41, 5.74) is 6.04. The van der Waals surface area contributed by atoms with Gasteiger partial charge < -0.3 is 5.32 Å². The summed E-state index contributed by atoms with van der Waals surface area (Å²) in [5.74, 6) is -0.659. The Balaban J connectivity index is 1.73. The predicted octanol–water partition coefficient (Wildman–Crippen LogP) is 1.60. The van der Waals surface area contributed by atoms with Crippen LogP contribution in [0.2, 0.25) is 0 Å². The normalized spacial score (nSPS) is 15.0. The zero-order valence-electron chi connectivity index (χ0n) is 13.7. The number of benzene rings is 1. The van der Waals surface area contributed by atoms with Gasteiger partial charge >= 0.3 is 0 Å². The molecule has 8 heteroatoms. The van der Waals surface area contributed by atoms with Crippen molar-refractivity contribution in [3.63, 3.8) is 0 Å². The summed E-state index contributed by atoms with van der Waals surface area (Å²) in [4.78, 5) is 12.0. The van der Waals surface area contributed by atoms with Crippen molar-refractivity contribution >= 4 is 33.1 Å². The third-order valence-electron chi connectivity index (χ3n) is 3.98. The summed E-state index contributed by atoms with van der Waals surface area (Å²) in [5, 5.41) is 3.48. The highest BCUT2D eigenvalue weighted by molar-refractivity contribution is 7.91. The molecule has 0 unspecified atom stereocenters. The van der Waals surface area contributed by atoms with Crippen LogP contribution in [0.15, 0.2) is 29.2 Å². The number of rotatable bonds is 5. The number of amides is 1. The van der Waals surface area contributed by atoms with Crippen LogP contribution in [0, 0.1) is 6.92 Å². The second-order valence-corrected chi connectivity index (χ2v) is 8.53. The Hall–Kier alpha value is -1.67. The third-order valence-corrected chi connectivity index (χ3v) is 5.94. The molecule has 0 aliphatic heterocycles. The summed E-state index contributed by atoms with van der Waals surface area (Å²) in [6, 6.07) is 6.94. The van der Waals surface area contributed by atoms with Crippen molar-refractivity contribution in [1.82, 2.24) is 16.2 Å². The van der Waals surface area contributed by atoms with Gasteiger partial charge in [0, 0.05) is 12.5 Å². The highest BCUT2D eigenvalue weighted by Crippen LogP contribution is 2.17. The molecule has 1 aromatic carbocycles. The van der Waals surface area contributed by atoms with Gasteiger partial charge in [0.2, 0.25) is 5.91 Å². The average Bonchev–Trinajstić information content (AvgIpc) is 3.04. The van der Waals surface area contributed by atoms with E-state index >= 15 is 0 Å². The van der Waals surface area contributed by atoms with Crippen LogP contribution >= 0.6 is 12.2 Å². The van der Waals surface area contributed by atoms with Crippen molar-refractivity contribution < 1.29 is 13.2 Å². The molecule has 1 saturated carbocycles. The molecule has 1 aliphatic carbocycles. The predicted molar refractivity (Wildman–Crippen MR) is 97.1 cm³/mol. The van der Waals surface area contributed by atoms with Crippen molar-refractivity contribution in [3.8, 4) is 0 Å². The number of carbonyl (C=O) groups excluding carboxylic acids is 1. The molecular weight excluding hydrogens is 346 g/mol. The Morgan fingerprint density at radius 1 is 1.17 bits per heavy atom. The topological polar surface area (TPSA) is 87.3 Å². The number of sulfone groups is 1. The molecule has 0 saturated heterocycles. The molecule has 0 atom stereocenters. The Kier molecular flexibility index (Phi) is 6.56. The summed E-state index contributed by atoms with van der Waals surface area (Å²) in [6.45, 7) is 1.89. The molecule has 0 bridgehead atoms. The standard InChI is InChI=1S/C16H23N3O3S2/c1-12-6-8-14(9-7-12)24(21,22)11-10-15(20)18-19-16(23)17-13-4-2-3-5-13/h6-9,13H,2-5,10-11H2,1H3,(H,18,20)(H2,17,19,23). The van der Waals surface area contributed by atoms with Crippen molar-refractivity contribution in [2.45, 2.75) is 50.0 Å². The molecule has 0 heterocycles. The maximum absolute atomic E-state index is 12.2. The van der Waals surface area contributed by atoms with Gasteiger partial charge in [0.05, 0.1) is 10.6 Å². The minimum absolute atomic E-state index is 0.130. The zero-order valence-corrected chi connectivity index (χ0v) is 15.3. The van der Waals surface area contributed by atoms with E-state index in [9.17, 15) is 13.2 Å². The molecule has 1 aliphatic rings. The van der Waals surface area contributed by atoms with Gasteiger partial charge in [0.15, 0.2) is 14.9 Å². The highest BCUT2D eigenvalue weighted by atomic mass is 32.2. The number of hydrogen-bond donors (Lipinski definition) is 3. The lowest BCUT2D eigenvalue weighted by atomic mass is 10.2. The molecule has 1 amide bonds. The molecule has 6 nitrogen and oxygen atoms in total. The van der Waals surface area contributed by atoms with Crippen LogP contribution < -0.4 is 16.2 Å². The Morgan fingerprint density at radius 3 is 2.42 bits per heavy atom. The summed E-state index contributed by atoms with van der Waals surface area (Å²) in [6.07, 6.45) is 4.39. The Labute approximate surface area is 148 Å². The molecule has 0 spiro atoms. The first kappa shape index (κ1) is 18.7. The lowest BCUT2D eigenvalue weighted by molar-refractivity contribution is -0.121. The second-order valence-electron chi connectivity index (χ2n) is 6.01. The fraction of sp³-hybridized carbons (Fsp3) is 0.500. The van der Waals surface area contributed by atoms with Gasteiger partial charge in [-0.05, 0) is 44.1 Å². The van der Waals surface area contributed by atoms with E-state index in [0.717, 1.165) is 18.4 Å². The van der Waals surface area contributed by atoms with Crippen LogP contribution in [-0.2, 0) is 14.6 Å². The van der Waals surface area contributed by atoms with E-state index in [2.05, 4.69) is 16.2 Å². The molecule has 2 rings (SSSR count). The molecular formula is C16H23N3O3S2. The van der Waals surface area contributed by atoms with Gasteiger partial charge in [-0.1, -0.05) is 30.5 Å². The van der Waals surface area contributed by atoms with E-state index in [0.29, 0.717) is 11.2 Å². The summed E-state index contributed by atoms with van der Waals surface area (Å²) < 4.78 is 24.4. The first-order valence-corrected chi connectivity index (χ1v) is 10.1. The van der Waals surface area contributed by atoms with Gasteiger partial charge in [0.25, 0.3) is 0 Å². The highest BCUT2D eigenvalue weighted by Gasteiger charge is 2.17. The number of hydrogen-bond acceptors (Lipinski definition) is 4. The number of thiocarbonyl (C=S) groups is 1. The molecule has 0 radical (unpaired) electrons. The lowest BCUT2D eigenvalue weighted by Crippen LogP contribution is -2.49. The monoisotopic (exact) mass is 369 g/mol. The summed E-state index contributed by atoms with van der Waals surface area (Å²) >= 11 is 5.10. The maximum Gasteiger partial charge on any atom is 0.239 e. The first-order valence-electron chi connectivity index (χ1n) is 8.01. The Morgan fingerprint density at radius 2 is 1.79 bits per heavy atom. The van der Waals surface area contributed by atoms with Crippen molar-refractivity contribution in [1.29, 1.82) is 0 Å². The van der Waals surface area contributed by atoms with Crippen LogP contribution in [0.3, 0.4) is 0 Å². The quantitative estimate of drug-likeness (QED) is 0.540. The van der Waals surface area contributed by atoms with Crippen LogP contribution in [0.1, 0.15) is 37.7 Å². The average molecular weight is 370 g/mol. The van der Waals surface area contributed by atoms with Gasteiger partial charge in [-0.2, -0.15) is 0 Å². The minimum Gasteiger partial charge on any atom is -0.359 e. The number of aryl methyl sites for hydroxylation is 1. The molecule has 1 aromatic rings. The fourth-order valence-electron chi connectivity index (χ4n) is 2.57. The largest absolute Gasteiger partial charge is 0.359 e. The van der Waals surface area contributed by atoms with Crippen molar-refractivity contribution in [2.75, 3.05) is 5.75 Å². The number of hydrazine groups is 1. The van der Waals surface area contributed by atoms with Gasteiger partial charge in [-0.25, -0.2) is 8.42 Å². The minimum atomic E-state index is -3.47. The summed E-state index contributed by atoms with van der Waals surface area (Å²) in [7, 11) is -3.47. The zero-order chi connectivity index (χ0) is 17.6. The van der Waals surface area contributed by atoms with Gasteiger partial charge in [-0.3, -0.25) is 15.6 Å². The van der Waals surface area contributed by atoms with E-state index < -0.39 is 15.7 Å². The van der Waals surface area contributed by atoms with Gasteiger partial charge in [0.1, 0.15) is 0 Å². The van der Waals surface area contributed by atoms with Crippen LogP contribution in [0.25, 0.3) is 0 Å². The molecule has 0 aromatic heterocycles. The number of nitrogens with one attached hydrogen (secondary N) is 3. The SMILES string of the molecule is Cc1ccc(S(=O)(=O)CCC(=O)NNC(=S)NC2CCCC2)cc1. The van der Waals surface area contributed by atoms with E-state index in [1.54, 1.807) is 24.3 Å². The fourth-order valence-corrected chi connectivity index (χ4v) is 4.03. The van der Waals surface area contributed by atoms with Gasteiger partial charge in [-0.15, -0.1) is 0 Å². The first-order chi connectivity index (χ1) is 11.4. The molecule has 24 heavy (non-hydrogen) atoms. The molecule has 1 fully saturated rings. The lowest BCUT2D eigenvalue weighted by Gasteiger charge is -2.16. The number of carbonyl (C=O) groups is 1. The smallest absolute Gasteiger partial charge is 0.239 e. The third kappa shape index (κ3) is 5.76. The van der Waals surface area contributed by atoms with E-state index in [1.165, 1.54) is 12.8 Å². The maximum atomic E-state index is 12.2. The van der Waals surface area contributed by atoms with Crippen LogP contribution in [0.4, 0.5) is 0 Å². The van der Waals surface area contributed by atoms with E-state index in [4.69, 9.17) is 12.2 Å².